The number of carbonyl (C=O) groups is 1. The van der Waals surface area contributed by atoms with E-state index in [-0.39, 0.29) is 17.8 Å². The summed E-state index contributed by atoms with van der Waals surface area (Å²) >= 11 is 0. The van der Waals surface area contributed by atoms with Crippen molar-refractivity contribution in [2.24, 2.45) is 0 Å². The van der Waals surface area contributed by atoms with Gasteiger partial charge in [-0.1, -0.05) is 0 Å². The van der Waals surface area contributed by atoms with Gasteiger partial charge in [-0.2, -0.15) is 0 Å². The zero-order valence-corrected chi connectivity index (χ0v) is 13.3. The van der Waals surface area contributed by atoms with Crippen molar-refractivity contribution in [2.45, 2.75) is 25.8 Å². The second kappa shape index (κ2) is 6.36. The summed E-state index contributed by atoms with van der Waals surface area (Å²) in [5.74, 6) is -0.579. The Morgan fingerprint density at radius 3 is 2.74 bits per heavy atom. The molecule has 0 bridgehead atoms. The molecule has 1 N–H and O–H groups in total. The summed E-state index contributed by atoms with van der Waals surface area (Å²) in [6.45, 7) is 2.95. The lowest BCUT2D eigenvalue weighted by Crippen LogP contribution is -2.29. The molecule has 1 aromatic heterocycles. The first kappa shape index (κ1) is 15.5. The Bertz CT molecular complexity index is 715. The van der Waals surface area contributed by atoms with E-state index in [1.165, 1.54) is 24.3 Å². The molecule has 0 fully saturated rings. The van der Waals surface area contributed by atoms with Gasteiger partial charge >= 0.3 is 0 Å². The SMILES string of the molecule is CC(NC(=O)c1ccc(F)cc1)c1ccc2c(n1)CCCN2C. The van der Waals surface area contributed by atoms with Crippen LogP contribution in [-0.4, -0.2) is 24.5 Å². The number of fused-ring (bicyclic) bond motifs is 1. The summed E-state index contributed by atoms with van der Waals surface area (Å²) in [7, 11) is 2.07. The van der Waals surface area contributed by atoms with Gasteiger partial charge in [0.1, 0.15) is 5.82 Å². The Morgan fingerprint density at radius 1 is 1.26 bits per heavy atom. The molecule has 2 aromatic rings. The highest BCUT2D eigenvalue weighted by molar-refractivity contribution is 5.94. The maximum atomic E-state index is 12.9. The monoisotopic (exact) mass is 313 g/mol. The van der Waals surface area contributed by atoms with Gasteiger partial charge in [0, 0.05) is 19.2 Å². The number of carbonyl (C=O) groups excluding carboxylic acids is 1. The van der Waals surface area contributed by atoms with E-state index in [1.807, 2.05) is 13.0 Å². The molecular weight excluding hydrogens is 293 g/mol. The maximum Gasteiger partial charge on any atom is 0.251 e. The fraction of sp³-hybridized carbons (Fsp3) is 0.333. The fourth-order valence-electron chi connectivity index (χ4n) is 2.84. The van der Waals surface area contributed by atoms with Crippen LogP contribution >= 0.6 is 0 Å². The molecule has 120 valence electrons. The van der Waals surface area contributed by atoms with E-state index in [1.54, 1.807) is 0 Å². The second-order valence-corrected chi connectivity index (χ2v) is 5.93. The quantitative estimate of drug-likeness (QED) is 0.947. The van der Waals surface area contributed by atoms with Gasteiger partial charge in [-0.15, -0.1) is 0 Å². The van der Waals surface area contributed by atoms with Crippen molar-refractivity contribution in [3.8, 4) is 0 Å². The van der Waals surface area contributed by atoms with Crippen molar-refractivity contribution in [1.82, 2.24) is 10.3 Å². The first-order valence-corrected chi connectivity index (χ1v) is 7.82. The Balaban J connectivity index is 1.74. The Kier molecular flexibility index (Phi) is 4.28. The second-order valence-electron chi connectivity index (χ2n) is 5.93. The molecule has 3 rings (SSSR count). The van der Waals surface area contributed by atoms with Crippen LogP contribution < -0.4 is 10.2 Å². The molecule has 2 heterocycles. The standard InChI is InChI=1S/C18H20FN3O/c1-12(20-18(23)13-5-7-14(19)8-6-13)15-9-10-17-16(21-15)4-3-11-22(17)2/h5-10,12H,3-4,11H2,1-2H3,(H,20,23). The molecule has 0 saturated heterocycles. The zero-order chi connectivity index (χ0) is 16.4. The Morgan fingerprint density at radius 2 is 2.00 bits per heavy atom. The third-order valence-corrected chi connectivity index (χ3v) is 4.19. The number of rotatable bonds is 3. The lowest BCUT2D eigenvalue weighted by Gasteiger charge is -2.27. The highest BCUT2D eigenvalue weighted by atomic mass is 19.1. The third kappa shape index (κ3) is 3.33. The number of benzene rings is 1. The summed E-state index contributed by atoms with van der Waals surface area (Å²) in [6.07, 6.45) is 2.06. The molecule has 1 aromatic carbocycles. The molecule has 4 nitrogen and oxygen atoms in total. The minimum absolute atomic E-state index is 0.204. The average Bonchev–Trinajstić information content (AvgIpc) is 2.55. The van der Waals surface area contributed by atoms with Crippen LogP contribution in [-0.2, 0) is 6.42 Å². The summed E-state index contributed by atoms with van der Waals surface area (Å²) < 4.78 is 12.9. The lowest BCUT2D eigenvalue weighted by atomic mass is 10.1. The van der Waals surface area contributed by atoms with Crippen LogP contribution in [0.5, 0.6) is 0 Å². The number of nitrogens with zero attached hydrogens (tertiary/aromatic N) is 2. The van der Waals surface area contributed by atoms with E-state index in [9.17, 15) is 9.18 Å². The Labute approximate surface area is 135 Å². The van der Waals surface area contributed by atoms with Gasteiger partial charge in [0.25, 0.3) is 5.91 Å². The molecule has 0 saturated carbocycles. The van der Waals surface area contributed by atoms with Crippen LogP contribution in [0.15, 0.2) is 36.4 Å². The summed E-state index contributed by atoms with van der Waals surface area (Å²) in [6, 6.07) is 9.34. The number of anilines is 1. The van der Waals surface area contributed by atoms with Crippen LogP contribution in [0, 0.1) is 5.82 Å². The number of halogens is 1. The predicted molar refractivity (Wildman–Crippen MR) is 88.1 cm³/mol. The highest BCUT2D eigenvalue weighted by Gasteiger charge is 2.18. The molecule has 1 aliphatic heterocycles. The van der Waals surface area contributed by atoms with E-state index in [2.05, 4.69) is 23.3 Å². The van der Waals surface area contributed by atoms with Gasteiger partial charge in [0.15, 0.2) is 0 Å². The average molecular weight is 313 g/mol. The van der Waals surface area contributed by atoms with E-state index >= 15 is 0 Å². The lowest BCUT2D eigenvalue weighted by molar-refractivity contribution is 0.0939. The number of hydrogen-bond donors (Lipinski definition) is 1. The zero-order valence-electron chi connectivity index (χ0n) is 13.3. The first-order chi connectivity index (χ1) is 11.0. The number of pyridine rings is 1. The number of hydrogen-bond acceptors (Lipinski definition) is 3. The normalized spacial score (nSPS) is 15.0. The molecule has 1 amide bonds. The van der Waals surface area contributed by atoms with Gasteiger partial charge in [0.2, 0.25) is 0 Å². The van der Waals surface area contributed by atoms with Crippen molar-refractivity contribution in [3.63, 3.8) is 0 Å². The topological polar surface area (TPSA) is 45.2 Å². The minimum atomic E-state index is -0.352. The van der Waals surface area contributed by atoms with Gasteiger partial charge < -0.3 is 10.2 Å². The van der Waals surface area contributed by atoms with E-state index in [0.29, 0.717) is 5.56 Å². The number of amides is 1. The van der Waals surface area contributed by atoms with Crippen LogP contribution in [0.1, 0.15) is 41.1 Å². The van der Waals surface area contributed by atoms with Crippen molar-refractivity contribution < 1.29 is 9.18 Å². The summed E-state index contributed by atoms with van der Waals surface area (Å²) in [5, 5.41) is 2.91. The largest absolute Gasteiger partial charge is 0.373 e. The highest BCUT2D eigenvalue weighted by Crippen LogP contribution is 2.26. The summed E-state index contributed by atoms with van der Waals surface area (Å²) in [4.78, 5) is 19.1. The van der Waals surface area contributed by atoms with E-state index < -0.39 is 0 Å². The molecule has 5 heteroatoms. The molecule has 0 radical (unpaired) electrons. The van der Waals surface area contributed by atoms with Crippen LogP contribution in [0.2, 0.25) is 0 Å². The Hall–Kier alpha value is -2.43. The van der Waals surface area contributed by atoms with Crippen molar-refractivity contribution >= 4 is 11.6 Å². The maximum absolute atomic E-state index is 12.9. The summed E-state index contributed by atoms with van der Waals surface area (Å²) in [5.41, 5.74) is 3.53. The molecule has 0 aliphatic carbocycles. The van der Waals surface area contributed by atoms with Crippen molar-refractivity contribution in [2.75, 3.05) is 18.5 Å². The molecular formula is C18H20FN3O. The molecule has 1 atom stereocenters. The van der Waals surface area contributed by atoms with Crippen LogP contribution in [0.3, 0.4) is 0 Å². The van der Waals surface area contributed by atoms with Crippen LogP contribution in [0.4, 0.5) is 10.1 Å². The fourth-order valence-corrected chi connectivity index (χ4v) is 2.84. The molecule has 1 aliphatic rings. The number of aryl methyl sites for hydroxylation is 1. The van der Waals surface area contributed by atoms with Gasteiger partial charge in [-0.3, -0.25) is 9.78 Å². The smallest absolute Gasteiger partial charge is 0.251 e. The van der Waals surface area contributed by atoms with Crippen molar-refractivity contribution in [1.29, 1.82) is 0 Å². The number of nitrogens with one attached hydrogen (secondary N) is 1. The minimum Gasteiger partial charge on any atom is -0.373 e. The number of aromatic nitrogens is 1. The predicted octanol–water partition coefficient (Wildman–Crippen LogP) is 3.09. The van der Waals surface area contributed by atoms with E-state index in [4.69, 9.17) is 4.98 Å². The third-order valence-electron chi connectivity index (χ3n) is 4.19. The molecule has 0 spiro atoms. The first-order valence-electron chi connectivity index (χ1n) is 7.82. The molecule has 23 heavy (non-hydrogen) atoms. The molecule has 1 unspecified atom stereocenters. The van der Waals surface area contributed by atoms with Crippen LogP contribution in [0.25, 0.3) is 0 Å². The van der Waals surface area contributed by atoms with E-state index in [0.717, 1.165) is 36.5 Å². The van der Waals surface area contributed by atoms with Gasteiger partial charge in [-0.05, 0) is 56.2 Å². The van der Waals surface area contributed by atoms with Gasteiger partial charge in [0.05, 0.1) is 23.1 Å². The van der Waals surface area contributed by atoms with Gasteiger partial charge in [-0.25, -0.2) is 4.39 Å². The van der Waals surface area contributed by atoms with Crippen molar-refractivity contribution in [3.05, 3.63) is 59.2 Å².